The minimum atomic E-state index is -0.251. The highest BCUT2D eigenvalue weighted by atomic mass is 16.5. The first-order chi connectivity index (χ1) is 6.27. The van der Waals surface area contributed by atoms with Crippen LogP contribution in [0.2, 0.25) is 0 Å². The molecule has 1 amide bonds. The second kappa shape index (κ2) is 5.04. The molecule has 0 atom stereocenters. The van der Waals surface area contributed by atoms with Crippen LogP contribution < -0.4 is 5.32 Å². The predicted molar refractivity (Wildman–Crippen MR) is 47.4 cm³/mol. The lowest BCUT2D eigenvalue weighted by molar-refractivity contribution is 0.0672. The van der Waals surface area contributed by atoms with Gasteiger partial charge in [-0.05, 0) is 0 Å². The number of carbonyl (C=O) groups is 1. The molecule has 5 heteroatoms. The van der Waals surface area contributed by atoms with Gasteiger partial charge in [0, 0.05) is 32.1 Å². The number of amides is 1. The summed E-state index contributed by atoms with van der Waals surface area (Å²) in [5.74, 6) is 0.505. The molecule has 1 aliphatic rings. The molecule has 0 radical (unpaired) electrons. The average molecular weight is 188 g/mol. The number of carbonyl (C=O) groups excluding carboxylic acids is 1. The molecule has 2 N–H and O–H groups in total. The van der Waals surface area contributed by atoms with Crippen molar-refractivity contribution in [3.8, 4) is 0 Å². The molecule has 5 nitrogen and oxygen atoms in total. The van der Waals surface area contributed by atoms with Crippen LogP contribution in [0, 0.1) is 5.92 Å². The van der Waals surface area contributed by atoms with Crippen molar-refractivity contribution in [3.63, 3.8) is 0 Å². The molecule has 1 fully saturated rings. The van der Waals surface area contributed by atoms with Crippen LogP contribution in [0.25, 0.3) is 0 Å². The summed E-state index contributed by atoms with van der Waals surface area (Å²) in [5.41, 5.74) is 0. The summed E-state index contributed by atoms with van der Waals surface area (Å²) in [4.78, 5) is 12.6. The average Bonchev–Trinajstić information content (AvgIpc) is 2.08. The second-order valence-electron chi connectivity index (χ2n) is 3.17. The van der Waals surface area contributed by atoms with E-state index in [1.807, 2.05) is 0 Å². The van der Waals surface area contributed by atoms with Gasteiger partial charge in [-0.3, -0.25) is 0 Å². The van der Waals surface area contributed by atoms with Crippen LogP contribution in [-0.4, -0.2) is 56.0 Å². The van der Waals surface area contributed by atoms with Gasteiger partial charge in [-0.2, -0.15) is 0 Å². The van der Waals surface area contributed by atoms with E-state index in [0.717, 1.165) is 19.6 Å². The molecule has 0 aromatic carbocycles. The molecule has 1 heterocycles. The van der Waals surface area contributed by atoms with E-state index < -0.39 is 0 Å². The maximum Gasteiger partial charge on any atom is 0.409 e. The van der Waals surface area contributed by atoms with Crippen molar-refractivity contribution in [1.29, 1.82) is 0 Å². The van der Waals surface area contributed by atoms with Crippen LogP contribution in [0.15, 0.2) is 0 Å². The van der Waals surface area contributed by atoms with Gasteiger partial charge in [0.05, 0.1) is 13.7 Å². The first-order valence-corrected chi connectivity index (χ1v) is 4.42. The fourth-order valence-corrected chi connectivity index (χ4v) is 1.36. The maximum atomic E-state index is 10.9. The van der Waals surface area contributed by atoms with Crippen molar-refractivity contribution in [2.45, 2.75) is 0 Å². The molecular weight excluding hydrogens is 172 g/mol. The minimum Gasteiger partial charge on any atom is -0.453 e. The lowest BCUT2D eigenvalue weighted by Crippen LogP contribution is -2.53. The van der Waals surface area contributed by atoms with Crippen LogP contribution in [-0.2, 0) is 4.74 Å². The van der Waals surface area contributed by atoms with E-state index in [4.69, 9.17) is 5.11 Å². The highest BCUT2D eigenvalue weighted by Crippen LogP contribution is 2.14. The quantitative estimate of drug-likeness (QED) is 0.571. The van der Waals surface area contributed by atoms with E-state index in [0.29, 0.717) is 12.5 Å². The Morgan fingerprint density at radius 3 is 2.92 bits per heavy atom. The van der Waals surface area contributed by atoms with Crippen molar-refractivity contribution in [2.75, 3.05) is 39.9 Å². The molecular formula is C8H16N2O3. The molecule has 1 saturated heterocycles. The summed E-state index contributed by atoms with van der Waals surface area (Å²) in [5, 5.41) is 11.6. The van der Waals surface area contributed by atoms with Crippen molar-refractivity contribution in [3.05, 3.63) is 0 Å². The number of ether oxygens (including phenoxy) is 1. The Hall–Kier alpha value is -0.810. The summed E-state index contributed by atoms with van der Waals surface area (Å²) in [6.07, 6.45) is -0.251. The number of hydrogen-bond donors (Lipinski definition) is 2. The lowest BCUT2D eigenvalue weighted by Gasteiger charge is -2.38. The molecule has 1 rings (SSSR count). The smallest absolute Gasteiger partial charge is 0.409 e. The molecule has 0 aromatic rings. The summed E-state index contributed by atoms with van der Waals surface area (Å²) < 4.78 is 4.55. The van der Waals surface area contributed by atoms with E-state index in [9.17, 15) is 4.79 Å². The van der Waals surface area contributed by atoms with Crippen LogP contribution >= 0.6 is 0 Å². The van der Waals surface area contributed by atoms with Gasteiger partial charge in [0.1, 0.15) is 0 Å². The Morgan fingerprint density at radius 1 is 1.69 bits per heavy atom. The summed E-state index contributed by atoms with van der Waals surface area (Å²) in [7, 11) is 1.39. The minimum absolute atomic E-state index is 0.160. The molecule has 0 aromatic heterocycles. The number of nitrogens with one attached hydrogen (secondary N) is 1. The van der Waals surface area contributed by atoms with E-state index in [1.54, 1.807) is 4.90 Å². The fraction of sp³-hybridized carbons (Fsp3) is 0.875. The van der Waals surface area contributed by atoms with Gasteiger partial charge < -0.3 is 20.1 Å². The predicted octanol–water partition coefficient (Wildman–Crippen LogP) is -0.733. The molecule has 0 spiro atoms. The van der Waals surface area contributed by atoms with Crippen molar-refractivity contribution < 1.29 is 14.6 Å². The number of rotatable bonds is 4. The Bertz CT molecular complexity index is 169. The number of nitrogens with zero attached hydrogens (tertiary/aromatic N) is 1. The second-order valence-corrected chi connectivity index (χ2v) is 3.17. The van der Waals surface area contributed by atoms with Crippen molar-refractivity contribution in [1.82, 2.24) is 10.2 Å². The topological polar surface area (TPSA) is 61.8 Å². The third kappa shape index (κ3) is 2.86. The van der Waals surface area contributed by atoms with Gasteiger partial charge in [0.2, 0.25) is 0 Å². The van der Waals surface area contributed by atoms with E-state index in [1.165, 1.54) is 7.11 Å². The zero-order chi connectivity index (χ0) is 9.68. The van der Waals surface area contributed by atoms with Gasteiger partial charge in [-0.1, -0.05) is 0 Å². The van der Waals surface area contributed by atoms with Gasteiger partial charge in [0.15, 0.2) is 0 Å². The zero-order valence-corrected chi connectivity index (χ0v) is 7.82. The van der Waals surface area contributed by atoms with Crippen LogP contribution in [0.4, 0.5) is 4.79 Å². The maximum absolute atomic E-state index is 10.9. The summed E-state index contributed by atoms with van der Waals surface area (Å²) in [6, 6.07) is 0. The number of hydrogen-bond acceptors (Lipinski definition) is 4. The van der Waals surface area contributed by atoms with E-state index in [2.05, 4.69) is 10.1 Å². The van der Waals surface area contributed by atoms with Gasteiger partial charge in [0.25, 0.3) is 0 Å². The molecule has 0 unspecified atom stereocenters. The van der Waals surface area contributed by atoms with Gasteiger partial charge in [-0.15, -0.1) is 0 Å². The van der Waals surface area contributed by atoms with Crippen LogP contribution in [0.1, 0.15) is 0 Å². The number of likely N-dealkylation sites (tertiary alicyclic amines) is 1. The van der Waals surface area contributed by atoms with Crippen LogP contribution in [0.5, 0.6) is 0 Å². The Labute approximate surface area is 77.7 Å². The summed E-state index contributed by atoms with van der Waals surface area (Å²) in [6.45, 7) is 3.15. The lowest BCUT2D eigenvalue weighted by atomic mass is 10.0. The third-order valence-corrected chi connectivity index (χ3v) is 2.11. The largest absolute Gasteiger partial charge is 0.453 e. The number of aliphatic hydroxyl groups is 1. The highest BCUT2D eigenvalue weighted by Gasteiger charge is 2.30. The Morgan fingerprint density at radius 2 is 2.38 bits per heavy atom. The first-order valence-electron chi connectivity index (χ1n) is 4.42. The summed E-state index contributed by atoms with van der Waals surface area (Å²) >= 11 is 0. The Kier molecular flexibility index (Phi) is 3.98. The molecule has 0 saturated carbocycles. The normalized spacial score (nSPS) is 16.9. The van der Waals surface area contributed by atoms with E-state index in [-0.39, 0.29) is 12.7 Å². The first kappa shape index (κ1) is 10.3. The van der Waals surface area contributed by atoms with Gasteiger partial charge >= 0.3 is 6.09 Å². The van der Waals surface area contributed by atoms with E-state index >= 15 is 0 Å². The molecule has 1 aliphatic heterocycles. The molecule has 76 valence electrons. The van der Waals surface area contributed by atoms with Crippen molar-refractivity contribution >= 4 is 6.09 Å². The number of aliphatic hydroxyl groups excluding tert-OH is 1. The molecule has 0 aliphatic carbocycles. The zero-order valence-electron chi connectivity index (χ0n) is 7.82. The fourth-order valence-electron chi connectivity index (χ4n) is 1.36. The van der Waals surface area contributed by atoms with Crippen molar-refractivity contribution in [2.24, 2.45) is 5.92 Å². The highest BCUT2D eigenvalue weighted by molar-refractivity contribution is 5.68. The van der Waals surface area contributed by atoms with Crippen LogP contribution in [0.3, 0.4) is 0 Å². The Balaban J connectivity index is 2.01. The molecule has 0 bridgehead atoms. The third-order valence-electron chi connectivity index (χ3n) is 2.11. The molecule has 13 heavy (non-hydrogen) atoms. The monoisotopic (exact) mass is 188 g/mol. The SMILES string of the molecule is COC(=O)N1CC(CNCCO)C1. The number of methoxy groups -OCH3 is 1. The van der Waals surface area contributed by atoms with Gasteiger partial charge in [-0.25, -0.2) is 4.79 Å². The standard InChI is InChI=1S/C8H16N2O3/c1-13-8(12)10-5-7(6-10)4-9-2-3-11/h7,9,11H,2-6H2,1H3.